The number of rotatable bonds is 9. The third-order valence-electron chi connectivity index (χ3n) is 3.42. The summed E-state index contributed by atoms with van der Waals surface area (Å²) in [6.07, 6.45) is 0. The molecule has 0 bridgehead atoms. The number of benzene rings is 1. The molecule has 1 aromatic carbocycles. The molecule has 2 amide bonds. The van der Waals surface area contributed by atoms with Crippen LogP contribution >= 0.6 is 0 Å². The van der Waals surface area contributed by atoms with E-state index in [1.165, 1.54) is 0 Å². The van der Waals surface area contributed by atoms with Gasteiger partial charge in [0.05, 0.1) is 6.61 Å². The molecule has 1 aromatic rings. The molecule has 6 heteroatoms. The topological polar surface area (TPSA) is 79.5 Å². The van der Waals surface area contributed by atoms with Crippen molar-refractivity contribution < 1.29 is 14.3 Å². The Morgan fingerprint density at radius 3 is 2.25 bits per heavy atom. The average molecular weight is 335 g/mol. The largest absolute Gasteiger partial charge is 0.383 e. The lowest BCUT2D eigenvalue weighted by Gasteiger charge is -2.17. The second-order valence-corrected chi connectivity index (χ2v) is 6.63. The summed E-state index contributed by atoms with van der Waals surface area (Å²) in [5.41, 5.74) is 1.17. The molecule has 0 saturated carbocycles. The van der Waals surface area contributed by atoms with Crippen LogP contribution in [0, 0.1) is 5.41 Å². The van der Waals surface area contributed by atoms with E-state index in [1.807, 2.05) is 32.9 Å². The third kappa shape index (κ3) is 7.57. The van der Waals surface area contributed by atoms with Crippen LogP contribution in [0.3, 0.4) is 0 Å². The Hall–Kier alpha value is -1.92. The molecule has 0 atom stereocenters. The van der Waals surface area contributed by atoms with Crippen molar-refractivity contribution >= 4 is 11.8 Å². The summed E-state index contributed by atoms with van der Waals surface area (Å²) in [6, 6.07) is 7.25. The predicted octanol–water partition coefficient (Wildman–Crippen LogP) is 1.31. The highest BCUT2D eigenvalue weighted by molar-refractivity contribution is 5.94. The van der Waals surface area contributed by atoms with E-state index < -0.39 is 5.41 Å². The van der Waals surface area contributed by atoms with Crippen molar-refractivity contribution in [1.29, 1.82) is 0 Å². The molecule has 3 N–H and O–H groups in total. The van der Waals surface area contributed by atoms with Crippen molar-refractivity contribution in [2.24, 2.45) is 5.41 Å². The van der Waals surface area contributed by atoms with Crippen LogP contribution in [0.5, 0.6) is 0 Å². The maximum Gasteiger partial charge on any atom is 0.251 e. The number of carbonyl (C=O) groups is 2. The van der Waals surface area contributed by atoms with Crippen molar-refractivity contribution in [3.05, 3.63) is 35.4 Å². The van der Waals surface area contributed by atoms with Gasteiger partial charge in [-0.2, -0.15) is 0 Å². The van der Waals surface area contributed by atoms with Crippen LogP contribution in [0.1, 0.15) is 36.7 Å². The minimum atomic E-state index is -0.406. The monoisotopic (exact) mass is 335 g/mol. The quantitative estimate of drug-likeness (QED) is 0.595. The summed E-state index contributed by atoms with van der Waals surface area (Å²) in [7, 11) is 1.65. The van der Waals surface area contributed by atoms with E-state index in [0.717, 1.165) is 12.1 Å². The molecular formula is C18H29N3O3. The maximum absolute atomic E-state index is 12.0. The summed E-state index contributed by atoms with van der Waals surface area (Å²) in [5.74, 6) is -0.0980. The van der Waals surface area contributed by atoms with E-state index in [-0.39, 0.29) is 11.8 Å². The smallest absolute Gasteiger partial charge is 0.251 e. The number of methoxy groups -OCH3 is 1. The van der Waals surface area contributed by atoms with Gasteiger partial charge in [0.25, 0.3) is 5.91 Å². The van der Waals surface area contributed by atoms with Gasteiger partial charge in [0, 0.05) is 44.3 Å². The number of hydrogen-bond acceptors (Lipinski definition) is 4. The Bertz CT molecular complexity index is 521. The third-order valence-corrected chi connectivity index (χ3v) is 3.42. The van der Waals surface area contributed by atoms with Crippen LogP contribution in [0.2, 0.25) is 0 Å². The lowest BCUT2D eigenvalue weighted by molar-refractivity contribution is -0.128. The van der Waals surface area contributed by atoms with Crippen LogP contribution in [0.15, 0.2) is 24.3 Å². The van der Waals surface area contributed by atoms with Crippen LogP contribution in [-0.2, 0) is 16.1 Å². The Labute approximate surface area is 144 Å². The van der Waals surface area contributed by atoms with Gasteiger partial charge in [0.1, 0.15) is 0 Å². The normalized spacial score (nSPS) is 11.2. The lowest BCUT2D eigenvalue weighted by atomic mass is 9.95. The Balaban J connectivity index is 2.35. The van der Waals surface area contributed by atoms with E-state index in [1.54, 1.807) is 19.2 Å². The maximum atomic E-state index is 12.0. The number of carbonyl (C=O) groups excluding carboxylic acids is 2. The first-order valence-corrected chi connectivity index (χ1v) is 8.19. The molecule has 0 aliphatic carbocycles. The molecule has 0 aromatic heterocycles. The molecule has 0 aliphatic heterocycles. The van der Waals surface area contributed by atoms with Crippen LogP contribution in [0.4, 0.5) is 0 Å². The highest BCUT2D eigenvalue weighted by Gasteiger charge is 2.20. The zero-order valence-corrected chi connectivity index (χ0v) is 15.1. The summed E-state index contributed by atoms with van der Waals surface area (Å²) < 4.78 is 4.93. The van der Waals surface area contributed by atoms with Gasteiger partial charge >= 0.3 is 0 Å². The predicted molar refractivity (Wildman–Crippen MR) is 94.8 cm³/mol. The molecule has 24 heavy (non-hydrogen) atoms. The van der Waals surface area contributed by atoms with Crippen molar-refractivity contribution in [3.63, 3.8) is 0 Å². The minimum absolute atomic E-state index is 0.00490. The van der Waals surface area contributed by atoms with E-state index in [0.29, 0.717) is 31.8 Å². The summed E-state index contributed by atoms with van der Waals surface area (Å²) >= 11 is 0. The molecule has 0 aliphatic rings. The molecule has 0 fully saturated rings. The Kier molecular flexibility index (Phi) is 8.43. The first-order chi connectivity index (χ1) is 11.3. The molecule has 6 nitrogen and oxygen atoms in total. The van der Waals surface area contributed by atoms with Crippen molar-refractivity contribution in [1.82, 2.24) is 16.0 Å². The first kappa shape index (κ1) is 20.1. The number of nitrogens with one attached hydrogen (secondary N) is 3. The molecule has 0 heterocycles. The zero-order valence-electron chi connectivity index (χ0n) is 15.1. The van der Waals surface area contributed by atoms with E-state index >= 15 is 0 Å². The summed E-state index contributed by atoms with van der Waals surface area (Å²) in [5, 5.41) is 8.90. The second-order valence-electron chi connectivity index (χ2n) is 6.63. The van der Waals surface area contributed by atoms with Crippen molar-refractivity contribution in [3.8, 4) is 0 Å². The average Bonchev–Trinajstić information content (AvgIpc) is 2.55. The van der Waals surface area contributed by atoms with Gasteiger partial charge in [0.2, 0.25) is 5.91 Å². The Morgan fingerprint density at radius 1 is 1.00 bits per heavy atom. The molecule has 134 valence electrons. The Morgan fingerprint density at radius 2 is 1.67 bits per heavy atom. The standard InChI is InChI=1S/C18H29N3O3/c1-18(2,3)17(23)21-13-14-5-7-15(8-6-14)16(22)20-10-9-19-11-12-24-4/h5-8,19H,9-13H2,1-4H3,(H,20,22)(H,21,23). The molecule has 0 spiro atoms. The van der Waals surface area contributed by atoms with Gasteiger partial charge in [-0.1, -0.05) is 32.9 Å². The molecule has 1 rings (SSSR count). The van der Waals surface area contributed by atoms with Crippen molar-refractivity contribution in [2.45, 2.75) is 27.3 Å². The van der Waals surface area contributed by atoms with Gasteiger partial charge in [-0.25, -0.2) is 0 Å². The molecule has 0 saturated heterocycles. The van der Waals surface area contributed by atoms with E-state index in [2.05, 4.69) is 16.0 Å². The van der Waals surface area contributed by atoms with Gasteiger partial charge in [0.15, 0.2) is 0 Å². The van der Waals surface area contributed by atoms with Crippen molar-refractivity contribution in [2.75, 3.05) is 33.4 Å². The van der Waals surface area contributed by atoms with Crippen LogP contribution < -0.4 is 16.0 Å². The van der Waals surface area contributed by atoms with Gasteiger partial charge in [-0.15, -0.1) is 0 Å². The lowest BCUT2D eigenvalue weighted by Crippen LogP contribution is -2.34. The fourth-order valence-electron chi connectivity index (χ4n) is 1.89. The fraction of sp³-hybridized carbons (Fsp3) is 0.556. The second kappa shape index (κ2) is 10.1. The number of amides is 2. The van der Waals surface area contributed by atoms with Gasteiger partial charge in [-0.3, -0.25) is 9.59 Å². The summed E-state index contributed by atoms with van der Waals surface area (Å²) in [6.45, 7) is 8.77. The van der Waals surface area contributed by atoms with Gasteiger partial charge in [-0.05, 0) is 17.7 Å². The highest BCUT2D eigenvalue weighted by atomic mass is 16.5. The summed E-state index contributed by atoms with van der Waals surface area (Å²) in [4.78, 5) is 23.8. The number of hydrogen-bond donors (Lipinski definition) is 3. The van der Waals surface area contributed by atoms with Crippen LogP contribution in [0.25, 0.3) is 0 Å². The molecular weight excluding hydrogens is 306 g/mol. The fourth-order valence-corrected chi connectivity index (χ4v) is 1.89. The van der Waals surface area contributed by atoms with E-state index in [4.69, 9.17) is 4.74 Å². The highest BCUT2D eigenvalue weighted by Crippen LogP contribution is 2.13. The number of ether oxygens (including phenoxy) is 1. The zero-order chi connectivity index (χ0) is 18.0. The van der Waals surface area contributed by atoms with Crippen LogP contribution in [-0.4, -0.2) is 45.2 Å². The SMILES string of the molecule is COCCNCCNC(=O)c1ccc(CNC(=O)C(C)(C)C)cc1. The molecule has 0 radical (unpaired) electrons. The van der Waals surface area contributed by atoms with E-state index in [9.17, 15) is 9.59 Å². The van der Waals surface area contributed by atoms with Gasteiger partial charge < -0.3 is 20.7 Å². The first-order valence-electron chi connectivity index (χ1n) is 8.19. The minimum Gasteiger partial charge on any atom is -0.383 e. The molecule has 0 unspecified atom stereocenters.